The number of hydrogen-bond acceptors (Lipinski definition) is 0. The summed E-state index contributed by atoms with van der Waals surface area (Å²) in [6, 6.07) is 0. The van der Waals surface area contributed by atoms with E-state index in [9.17, 15) is 5.11 Å². The fourth-order valence-corrected chi connectivity index (χ4v) is 0.582. The summed E-state index contributed by atoms with van der Waals surface area (Å²) in [4.78, 5) is 0. The molecule has 0 aromatic heterocycles. The normalized spacial score (nSPS) is 14.9. The Morgan fingerprint density at radius 2 is 2.25 bits per heavy atom. The molecule has 0 aliphatic rings. The van der Waals surface area contributed by atoms with Gasteiger partial charge >= 0.3 is 0 Å². The lowest BCUT2D eigenvalue weighted by molar-refractivity contribution is 0.160. The van der Waals surface area contributed by atoms with Crippen molar-refractivity contribution in [2.24, 2.45) is 5.92 Å². The van der Waals surface area contributed by atoms with Crippen LogP contribution in [0.4, 0.5) is 0 Å². The molecule has 1 unspecified atom stereocenters. The van der Waals surface area contributed by atoms with Crippen molar-refractivity contribution in [1.82, 2.24) is 0 Å². The Morgan fingerprint density at radius 1 is 1.62 bits per heavy atom. The molecular weight excluding hydrogens is 100 g/mol. The van der Waals surface area contributed by atoms with Gasteiger partial charge in [-0.25, -0.2) is 5.11 Å². The van der Waals surface area contributed by atoms with Crippen LogP contribution >= 0.6 is 0 Å². The molecule has 0 amide bonds. The third-order valence-corrected chi connectivity index (χ3v) is 1.20. The maximum atomic E-state index is 10.2. The molecular formula is C7H13O. The van der Waals surface area contributed by atoms with Gasteiger partial charge in [-0.3, -0.25) is 0 Å². The predicted octanol–water partition coefficient (Wildman–Crippen LogP) is 2.02. The van der Waals surface area contributed by atoms with Gasteiger partial charge in [0.05, 0.1) is 6.61 Å². The molecule has 1 atom stereocenters. The van der Waals surface area contributed by atoms with Gasteiger partial charge in [0.1, 0.15) is 0 Å². The lowest BCUT2D eigenvalue weighted by atomic mass is 10.1. The van der Waals surface area contributed by atoms with Crippen LogP contribution in [0.5, 0.6) is 0 Å². The van der Waals surface area contributed by atoms with Crippen molar-refractivity contribution in [3.8, 4) is 0 Å². The molecule has 0 spiro atoms. The highest BCUT2D eigenvalue weighted by Gasteiger charge is 1.96. The van der Waals surface area contributed by atoms with E-state index in [-0.39, 0.29) is 12.5 Å². The van der Waals surface area contributed by atoms with Crippen LogP contribution in [0.15, 0.2) is 12.2 Å². The van der Waals surface area contributed by atoms with Crippen molar-refractivity contribution in [2.45, 2.75) is 20.3 Å². The van der Waals surface area contributed by atoms with Crippen LogP contribution in [0.3, 0.4) is 0 Å². The van der Waals surface area contributed by atoms with Crippen molar-refractivity contribution in [3.63, 3.8) is 0 Å². The average molecular weight is 113 g/mol. The third kappa shape index (κ3) is 2.80. The highest BCUT2D eigenvalue weighted by molar-refractivity contribution is 4.83. The maximum absolute atomic E-state index is 10.2. The van der Waals surface area contributed by atoms with Crippen LogP contribution in [-0.2, 0) is 5.11 Å². The highest BCUT2D eigenvalue weighted by Crippen LogP contribution is 2.01. The van der Waals surface area contributed by atoms with Gasteiger partial charge in [-0.2, -0.15) is 0 Å². The summed E-state index contributed by atoms with van der Waals surface area (Å²) in [6.07, 6.45) is 4.87. The minimum atomic E-state index is 0.0286. The summed E-state index contributed by atoms with van der Waals surface area (Å²) in [5.74, 6) is 0.264. The van der Waals surface area contributed by atoms with E-state index in [1.807, 2.05) is 26.0 Å². The van der Waals surface area contributed by atoms with Gasteiger partial charge in [0.2, 0.25) is 0 Å². The van der Waals surface area contributed by atoms with Gasteiger partial charge in [0, 0.05) is 5.92 Å². The molecule has 0 aromatic rings. The standard InChI is InChI=1S/C7H13O/c1-3-5-7(4-2)6-8/h3,5,7H,4,6H2,1-2H3/b5-3+. The Labute approximate surface area is 51.0 Å². The first-order valence-corrected chi connectivity index (χ1v) is 3.06. The number of allylic oxidation sites excluding steroid dienone is 1. The average Bonchev–Trinajstić information content (AvgIpc) is 1.83. The Hall–Kier alpha value is -0.300. The Bertz CT molecular complexity index is 62.8. The zero-order valence-corrected chi connectivity index (χ0v) is 5.55. The second-order valence-electron chi connectivity index (χ2n) is 1.86. The highest BCUT2D eigenvalue weighted by atomic mass is 16.3. The van der Waals surface area contributed by atoms with Crippen molar-refractivity contribution in [3.05, 3.63) is 12.2 Å². The molecule has 0 rings (SSSR count). The Kier molecular flexibility index (Phi) is 4.67. The fourth-order valence-electron chi connectivity index (χ4n) is 0.582. The molecule has 47 valence electrons. The zero-order valence-electron chi connectivity index (χ0n) is 5.55. The monoisotopic (exact) mass is 113 g/mol. The summed E-state index contributed by atoms with van der Waals surface area (Å²) in [5.41, 5.74) is 0. The molecule has 0 bridgehead atoms. The Morgan fingerprint density at radius 3 is 2.38 bits per heavy atom. The van der Waals surface area contributed by atoms with E-state index >= 15 is 0 Å². The van der Waals surface area contributed by atoms with Crippen molar-refractivity contribution in [1.29, 1.82) is 0 Å². The molecule has 8 heavy (non-hydrogen) atoms. The smallest absolute Gasteiger partial charge is 0.0884 e. The summed E-state index contributed by atoms with van der Waals surface area (Å²) >= 11 is 0. The van der Waals surface area contributed by atoms with Gasteiger partial charge in [0.15, 0.2) is 0 Å². The van der Waals surface area contributed by atoms with Crippen LogP contribution < -0.4 is 0 Å². The number of hydrogen-bond donors (Lipinski definition) is 0. The van der Waals surface area contributed by atoms with E-state index in [1.165, 1.54) is 0 Å². The largest absolute Gasteiger partial charge is 0.236 e. The summed E-state index contributed by atoms with van der Waals surface area (Å²) in [5, 5.41) is 10.2. The molecule has 0 aromatic carbocycles. The topological polar surface area (TPSA) is 19.9 Å². The van der Waals surface area contributed by atoms with Crippen LogP contribution in [0.1, 0.15) is 20.3 Å². The molecule has 1 nitrogen and oxygen atoms in total. The Balaban J connectivity index is 3.36. The molecule has 0 heterocycles. The van der Waals surface area contributed by atoms with E-state index in [2.05, 4.69) is 0 Å². The van der Waals surface area contributed by atoms with E-state index in [1.54, 1.807) is 0 Å². The van der Waals surface area contributed by atoms with Gasteiger partial charge in [-0.05, 0) is 13.3 Å². The summed E-state index contributed by atoms with van der Waals surface area (Å²) in [6.45, 7) is 4.00. The third-order valence-electron chi connectivity index (χ3n) is 1.20. The van der Waals surface area contributed by atoms with Crippen molar-refractivity contribution in [2.75, 3.05) is 6.61 Å². The minimum Gasteiger partial charge on any atom is -0.236 e. The molecule has 1 radical (unpaired) electrons. The molecule has 0 aliphatic heterocycles. The van der Waals surface area contributed by atoms with E-state index in [4.69, 9.17) is 0 Å². The van der Waals surface area contributed by atoms with Crippen LogP contribution in [0.2, 0.25) is 0 Å². The predicted molar refractivity (Wildman–Crippen MR) is 34.1 cm³/mol. The molecule has 0 fully saturated rings. The maximum Gasteiger partial charge on any atom is 0.0884 e. The second-order valence-corrected chi connectivity index (χ2v) is 1.86. The molecule has 1 heteroatoms. The van der Waals surface area contributed by atoms with Crippen LogP contribution in [0.25, 0.3) is 0 Å². The molecule has 0 saturated carbocycles. The molecule has 0 saturated heterocycles. The zero-order chi connectivity index (χ0) is 6.41. The first-order valence-electron chi connectivity index (χ1n) is 3.06. The van der Waals surface area contributed by atoms with Gasteiger partial charge < -0.3 is 0 Å². The first kappa shape index (κ1) is 7.70. The SMILES string of the molecule is C/C=C/C(CC)C[O]. The van der Waals surface area contributed by atoms with E-state index in [0.29, 0.717) is 0 Å². The minimum absolute atomic E-state index is 0.0286. The van der Waals surface area contributed by atoms with Gasteiger partial charge in [-0.1, -0.05) is 19.1 Å². The number of rotatable bonds is 3. The molecule has 0 N–H and O–H groups in total. The first-order chi connectivity index (χ1) is 3.85. The fraction of sp³-hybridized carbons (Fsp3) is 0.714. The van der Waals surface area contributed by atoms with Crippen molar-refractivity contribution < 1.29 is 5.11 Å². The summed E-state index contributed by atoms with van der Waals surface area (Å²) < 4.78 is 0. The summed E-state index contributed by atoms with van der Waals surface area (Å²) in [7, 11) is 0. The quantitative estimate of drug-likeness (QED) is 0.499. The van der Waals surface area contributed by atoms with E-state index in [0.717, 1.165) is 6.42 Å². The van der Waals surface area contributed by atoms with E-state index < -0.39 is 0 Å². The lowest BCUT2D eigenvalue weighted by Gasteiger charge is -2.00. The van der Waals surface area contributed by atoms with Gasteiger partial charge in [0.25, 0.3) is 0 Å². The second kappa shape index (κ2) is 4.85. The lowest BCUT2D eigenvalue weighted by Crippen LogP contribution is -1.97. The van der Waals surface area contributed by atoms with Crippen molar-refractivity contribution >= 4 is 0 Å². The van der Waals surface area contributed by atoms with Crippen LogP contribution in [0, 0.1) is 5.92 Å². The molecule has 0 aliphatic carbocycles. The van der Waals surface area contributed by atoms with Gasteiger partial charge in [-0.15, -0.1) is 0 Å². The van der Waals surface area contributed by atoms with Crippen LogP contribution in [-0.4, -0.2) is 6.61 Å².